The maximum absolute atomic E-state index is 9.58. The molecule has 0 bridgehead atoms. The summed E-state index contributed by atoms with van der Waals surface area (Å²) in [6.07, 6.45) is 3.79. The molecular formula is C21H12Cl2N2. The van der Waals surface area contributed by atoms with E-state index in [0.717, 1.165) is 27.4 Å². The Morgan fingerprint density at radius 1 is 0.960 bits per heavy atom. The first-order chi connectivity index (χ1) is 12.2. The molecule has 1 N–H and O–H groups in total. The first-order valence-electron chi connectivity index (χ1n) is 7.73. The number of nitriles is 1. The summed E-state index contributed by atoms with van der Waals surface area (Å²) in [4.78, 5) is 3.33. The van der Waals surface area contributed by atoms with E-state index in [9.17, 15) is 5.26 Å². The average molecular weight is 363 g/mol. The molecule has 4 rings (SSSR count). The van der Waals surface area contributed by atoms with Crippen LogP contribution in [0.5, 0.6) is 0 Å². The highest BCUT2D eigenvalue weighted by molar-refractivity contribution is 6.42. The zero-order chi connectivity index (χ0) is 17.4. The molecule has 0 aliphatic rings. The molecule has 25 heavy (non-hydrogen) atoms. The predicted molar refractivity (Wildman–Crippen MR) is 106 cm³/mol. The lowest BCUT2D eigenvalue weighted by Gasteiger charge is -2.02. The number of aromatic nitrogens is 1. The van der Waals surface area contributed by atoms with Gasteiger partial charge in [0.25, 0.3) is 0 Å². The minimum Gasteiger partial charge on any atom is -0.360 e. The normalized spacial score (nSPS) is 11.8. The van der Waals surface area contributed by atoms with Crippen LogP contribution >= 0.6 is 23.2 Å². The van der Waals surface area contributed by atoms with Crippen LogP contribution in [-0.2, 0) is 0 Å². The molecule has 0 spiro atoms. The molecule has 0 aliphatic heterocycles. The topological polar surface area (TPSA) is 39.6 Å². The summed E-state index contributed by atoms with van der Waals surface area (Å²) in [6.45, 7) is 0. The second-order valence-corrected chi connectivity index (χ2v) is 6.57. The summed E-state index contributed by atoms with van der Waals surface area (Å²) in [6, 6.07) is 19.8. The van der Waals surface area contributed by atoms with Crippen molar-refractivity contribution in [2.24, 2.45) is 0 Å². The van der Waals surface area contributed by atoms with E-state index in [1.807, 2.05) is 24.4 Å². The molecular weight excluding hydrogens is 351 g/mol. The third kappa shape index (κ3) is 2.78. The lowest BCUT2D eigenvalue weighted by Crippen LogP contribution is -1.82. The van der Waals surface area contributed by atoms with Crippen LogP contribution in [0.4, 0.5) is 0 Å². The maximum Gasteiger partial charge on any atom is 0.0998 e. The highest BCUT2D eigenvalue weighted by Crippen LogP contribution is 2.31. The van der Waals surface area contributed by atoms with Crippen LogP contribution in [0.15, 0.2) is 60.8 Å². The van der Waals surface area contributed by atoms with Crippen molar-refractivity contribution in [3.05, 3.63) is 82.0 Å². The number of nitrogens with one attached hydrogen (secondary N) is 1. The smallest absolute Gasteiger partial charge is 0.0998 e. The summed E-state index contributed by atoms with van der Waals surface area (Å²) in [5.74, 6) is 0. The molecule has 0 saturated carbocycles. The number of aromatic amines is 1. The van der Waals surface area contributed by atoms with Gasteiger partial charge < -0.3 is 4.98 Å². The Kier molecular flexibility index (Phi) is 3.97. The first kappa shape index (κ1) is 15.8. The summed E-state index contributed by atoms with van der Waals surface area (Å²) in [7, 11) is 0. The SMILES string of the molecule is N#C/C(=C\c1c[nH]c2c1ccc1ccccc12)c1ccc(Cl)c(Cl)c1. The van der Waals surface area contributed by atoms with Crippen LogP contribution < -0.4 is 0 Å². The van der Waals surface area contributed by atoms with Crippen LogP contribution in [-0.4, -0.2) is 4.98 Å². The van der Waals surface area contributed by atoms with E-state index >= 15 is 0 Å². The van der Waals surface area contributed by atoms with Gasteiger partial charge in [-0.25, -0.2) is 0 Å². The molecule has 0 unspecified atom stereocenters. The van der Waals surface area contributed by atoms with Gasteiger partial charge in [0.1, 0.15) is 0 Å². The van der Waals surface area contributed by atoms with E-state index in [0.29, 0.717) is 15.6 Å². The van der Waals surface area contributed by atoms with Gasteiger partial charge in [0.05, 0.1) is 27.2 Å². The number of benzene rings is 3. The number of rotatable bonds is 2. The van der Waals surface area contributed by atoms with Gasteiger partial charge >= 0.3 is 0 Å². The van der Waals surface area contributed by atoms with Gasteiger partial charge in [0.15, 0.2) is 0 Å². The van der Waals surface area contributed by atoms with E-state index in [4.69, 9.17) is 23.2 Å². The Morgan fingerprint density at radius 2 is 1.80 bits per heavy atom. The van der Waals surface area contributed by atoms with Crippen LogP contribution in [0.2, 0.25) is 10.0 Å². The Balaban J connectivity index is 1.88. The number of H-pyrrole nitrogens is 1. The number of halogens is 2. The molecule has 4 aromatic rings. The summed E-state index contributed by atoms with van der Waals surface area (Å²) in [5.41, 5.74) is 3.30. The second-order valence-electron chi connectivity index (χ2n) is 5.75. The van der Waals surface area contributed by atoms with Gasteiger partial charge in [-0.05, 0) is 29.2 Å². The molecule has 0 atom stereocenters. The second kappa shape index (κ2) is 6.29. The van der Waals surface area contributed by atoms with Crippen molar-refractivity contribution in [3.63, 3.8) is 0 Å². The van der Waals surface area contributed by atoms with E-state index in [2.05, 4.69) is 35.3 Å². The van der Waals surface area contributed by atoms with Gasteiger partial charge in [-0.1, -0.05) is 65.7 Å². The number of allylic oxidation sites excluding steroid dienone is 1. The summed E-state index contributed by atoms with van der Waals surface area (Å²) < 4.78 is 0. The molecule has 4 heteroatoms. The van der Waals surface area contributed by atoms with Crippen molar-refractivity contribution in [2.75, 3.05) is 0 Å². The van der Waals surface area contributed by atoms with Gasteiger partial charge in [0.2, 0.25) is 0 Å². The molecule has 1 aromatic heterocycles. The fourth-order valence-electron chi connectivity index (χ4n) is 3.01. The number of fused-ring (bicyclic) bond motifs is 3. The van der Waals surface area contributed by atoms with Gasteiger partial charge in [0, 0.05) is 22.5 Å². The molecule has 2 nitrogen and oxygen atoms in total. The molecule has 0 radical (unpaired) electrons. The minimum atomic E-state index is 0.435. The third-order valence-corrected chi connectivity index (χ3v) is 5.00. The number of nitrogens with zero attached hydrogens (tertiary/aromatic N) is 1. The molecule has 120 valence electrons. The standard InChI is InChI=1S/C21H12Cl2N2/c22-19-8-6-14(10-20(19)23)15(11-24)9-16-12-25-21-17-4-2-1-3-13(17)5-7-18(16)21/h1-10,12,25H/b15-9+. The highest BCUT2D eigenvalue weighted by Gasteiger charge is 2.09. The average Bonchev–Trinajstić information content (AvgIpc) is 3.05. The fraction of sp³-hybridized carbons (Fsp3) is 0. The van der Waals surface area contributed by atoms with Crippen molar-refractivity contribution in [2.45, 2.75) is 0 Å². The van der Waals surface area contributed by atoms with E-state index in [-0.39, 0.29) is 0 Å². The molecule has 1 heterocycles. The van der Waals surface area contributed by atoms with E-state index in [1.165, 1.54) is 5.39 Å². The van der Waals surface area contributed by atoms with Gasteiger partial charge in [-0.3, -0.25) is 0 Å². The monoisotopic (exact) mass is 362 g/mol. The molecule has 0 aliphatic carbocycles. The predicted octanol–water partition coefficient (Wildman–Crippen LogP) is 6.69. The van der Waals surface area contributed by atoms with Crippen molar-refractivity contribution >= 4 is 56.5 Å². The van der Waals surface area contributed by atoms with Gasteiger partial charge in [-0.2, -0.15) is 5.26 Å². The largest absolute Gasteiger partial charge is 0.360 e. The van der Waals surface area contributed by atoms with Crippen LogP contribution in [0.3, 0.4) is 0 Å². The van der Waals surface area contributed by atoms with Crippen molar-refractivity contribution < 1.29 is 0 Å². The van der Waals surface area contributed by atoms with Gasteiger partial charge in [-0.15, -0.1) is 0 Å². The van der Waals surface area contributed by atoms with Crippen molar-refractivity contribution in [1.29, 1.82) is 5.26 Å². The Labute approximate surface area is 154 Å². The van der Waals surface area contributed by atoms with Crippen LogP contribution in [0.1, 0.15) is 11.1 Å². The van der Waals surface area contributed by atoms with E-state index < -0.39 is 0 Å². The Bertz CT molecular complexity index is 1180. The Hall–Kier alpha value is -2.73. The zero-order valence-electron chi connectivity index (χ0n) is 13.1. The summed E-state index contributed by atoms with van der Waals surface area (Å²) in [5, 5.41) is 13.9. The minimum absolute atomic E-state index is 0.435. The lowest BCUT2D eigenvalue weighted by molar-refractivity contribution is 1.48. The first-order valence-corrected chi connectivity index (χ1v) is 8.49. The highest BCUT2D eigenvalue weighted by atomic mass is 35.5. The lowest BCUT2D eigenvalue weighted by atomic mass is 10.0. The third-order valence-electron chi connectivity index (χ3n) is 4.26. The quantitative estimate of drug-likeness (QED) is 0.396. The fourth-order valence-corrected chi connectivity index (χ4v) is 3.31. The zero-order valence-corrected chi connectivity index (χ0v) is 14.6. The summed E-state index contributed by atoms with van der Waals surface area (Å²) >= 11 is 12.0. The molecule has 3 aromatic carbocycles. The van der Waals surface area contributed by atoms with Crippen LogP contribution in [0.25, 0.3) is 33.3 Å². The van der Waals surface area contributed by atoms with Crippen molar-refractivity contribution in [1.82, 2.24) is 4.98 Å². The number of hydrogen-bond acceptors (Lipinski definition) is 1. The maximum atomic E-state index is 9.58. The Morgan fingerprint density at radius 3 is 2.60 bits per heavy atom. The molecule has 0 fully saturated rings. The molecule has 0 amide bonds. The van der Waals surface area contributed by atoms with Crippen molar-refractivity contribution in [3.8, 4) is 6.07 Å². The number of hydrogen-bond donors (Lipinski definition) is 1. The van der Waals surface area contributed by atoms with E-state index in [1.54, 1.807) is 18.2 Å². The van der Waals surface area contributed by atoms with Crippen LogP contribution in [0, 0.1) is 11.3 Å². The molecule has 0 saturated heterocycles.